The number of hydrogen-bond acceptors (Lipinski definition) is 0. The number of aryl methyl sites for hydroxylation is 2. The van der Waals surface area contributed by atoms with E-state index in [2.05, 4.69) is 92.8 Å². The molecule has 3 aliphatic rings. The molecular weight excluding hydrogens is 516 g/mol. The average molecular weight is 558 g/mol. The van der Waals surface area contributed by atoms with E-state index >= 15 is 0 Å². The van der Waals surface area contributed by atoms with E-state index in [1.807, 2.05) is 0 Å². The molecule has 2 heteroatoms. The van der Waals surface area contributed by atoms with Crippen LogP contribution in [0.4, 0.5) is 0 Å². The third kappa shape index (κ3) is 3.93. The Morgan fingerprint density at radius 1 is 0.829 bits per heavy atom. The van der Waals surface area contributed by atoms with Crippen LogP contribution in [-0.2, 0) is 35.2 Å². The summed E-state index contributed by atoms with van der Waals surface area (Å²) in [6.45, 7) is 24.4. The Kier molecular flexibility index (Phi) is 6.50. The molecule has 1 unspecified atom stereocenters. The van der Waals surface area contributed by atoms with E-state index in [1.165, 1.54) is 41.5 Å². The second kappa shape index (κ2) is 8.95. The van der Waals surface area contributed by atoms with Gasteiger partial charge in [0.2, 0.25) is 0 Å². The third-order valence-electron chi connectivity index (χ3n) is 9.79. The molecule has 0 saturated heterocycles. The van der Waals surface area contributed by atoms with Crippen molar-refractivity contribution in [2.24, 2.45) is 0 Å². The normalized spacial score (nSPS) is 20.1. The van der Waals surface area contributed by atoms with Gasteiger partial charge in [-0.1, -0.05) is 0 Å². The van der Waals surface area contributed by atoms with Crippen LogP contribution in [0, 0.1) is 20.8 Å². The van der Waals surface area contributed by atoms with Gasteiger partial charge in [0.15, 0.2) is 0 Å². The van der Waals surface area contributed by atoms with Crippen molar-refractivity contribution >= 4 is 11.3 Å². The molecule has 5 rings (SSSR count). The predicted octanol–water partition coefficient (Wildman–Crippen LogP) is 9.57. The number of benzene rings is 2. The fourth-order valence-corrected chi connectivity index (χ4v) is 24.8. The summed E-state index contributed by atoms with van der Waals surface area (Å²) in [7, 11) is 0. The van der Waals surface area contributed by atoms with Crippen LogP contribution in [0.15, 0.2) is 46.1 Å². The summed E-state index contributed by atoms with van der Waals surface area (Å²) in [5.74, 6) is 0. The second-order valence-corrected chi connectivity index (χ2v) is 29.5. The summed E-state index contributed by atoms with van der Waals surface area (Å²) in [5.41, 5.74) is 23.0. The van der Waals surface area contributed by atoms with Crippen LogP contribution in [0.3, 0.4) is 0 Å². The van der Waals surface area contributed by atoms with Gasteiger partial charge in [-0.2, -0.15) is 0 Å². The van der Waals surface area contributed by atoms with E-state index in [4.69, 9.17) is 0 Å². The van der Waals surface area contributed by atoms with Crippen molar-refractivity contribution in [1.29, 1.82) is 0 Å². The predicted molar refractivity (Wildman–Crippen MR) is 152 cm³/mol. The van der Waals surface area contributed by atoms with Crippen LogP contribution in [0.1, 0.15) is 83.6 Å². The van der Waals surface area contributed by atoms with Crippen molar-refractivity contribution in [2.45, 2.75) is 96.9 Å². The number of fused-ring (bicyclic) bond motifs is 2. The first kappa shape index (κ1) is 25.4. The van der Waals surface area contributed by atoms with E-state index < -0.39 is 27.6 Å². The molecule has 2 aromatic rings. The van der Waals surface area contributed by atoms with Crippen molar-refractivity contribution in [3.63, 3.8) is 0 Å². The SMILES string of the molecule is CC1=Cc2c(cc3c(c2-c2ccc(C)c(C)c2C)CCC3)[CH]1[Zr][Si](C)(C)C1C(C)=C(C)C(C)=C1C. The van der Waals surface area contributed by atoms with Gasteiger partial charge in [0, 0.05) is 0 Å². The van der Waals surface area contributed by atoms with Crippen LogP contribution in [0.2, 0.25) is 18.6 Å². The fourth-order valence-electron chi connectivity index (χ4n) is 7.35. The van der Waals surface area contributed by atoms with Crippen molar-refractivity contribution in [2.75, 3.05) is 0 Å². The quantitative estimate of drug-likeness (QED) is 0.328. The van der Waals surface area contributed by atoms with Crippen LogP contribution in [0.5, 0.6) is 0 Å². The molecule has 0 aromatic heterocycles. The van der Waals surface area contributed by atoms with Crippen molar-refractivity contribution < 1.29 is 22.4 Å². The minimum atomic E-state index is -1.39. The molecule has 0 heterocycles. The summed E-state index contributed by atoms with van der Waals surface area (Å²) < 4.78 is 0.744. The van der Waals surface area contributed by atoms with E-state index in [0.29, 0.717) is 0 Å². The summed E-state index contributed by atoms with van der Waals surface area (Å²) in [4.78, 5) is 0. The Morgan fingerprint density at radius 2 is 1.49 bits per heavy atom. The first-order chi connectivity index (χ1) is 16.4. The summed E-state index contributed by atoms with van der Waals surface area (Å²) in [6, 6.07) is 7.45. The molecule has 1 atom stereocenters. The van der Waals surface area contributed by atoms with Gasteiger partial charge in [0.1, 0.15) is 0 Å². The molecule has 182 valence electrons. The van der Waals surface area contributed by atoms with Crippen LogP contribution >= 0.6 is 0 Å². The van der Waals surface area contributed by atoms with Gasteiger partial charge >= 0.3 is 227 Å². The molecule has 2 aromatic carbocycles. The van der Waals surface area contributed by atoms with E-state index in [-0.39, 0.29) is 0 Å². The Balaban J connectivity index is 1.63. The van der Waals surface area contributed by atoms with Crippen molar-refractivity contribution in [3.8, 4) is 11.1 Å². The zero-order valence-electron chi connectivity index (χ0n) is 23.6. The number of allylic oxidation sites excluding steroid dienone is 5. The van der Waals surface area contributed by atoms with Crippen molar-refractivity contribution in [1.82, 2.24) is 0 Å². The van der Waals surface area contributed by atoms with Crippen LogP contribution < -0.4 is 0 Å². The zero-order chi connectivity index (χ0) is 25.4. The zero-order valence-corrected chi connectivity index (χ0v) is 27.0. The monoisotopic (exact) mass is 556 g/mol. The fraction of sp³-hybridized carbons (Fsp3) is 0.455. The molecule has 0 amide bonds. The Hall–Kier alpha value is -1.24. The van der Waals surface area contributed by atoms with Crippen molar-refractivity contribution in [3.05, 3.63) is 85.0 Å². The molecule has 0 spiro atoms. The van der Waals surface area contributed by atoms with Gasteiger partial charge in [0.05, 0.1) is 0 Å². The summed E-state index contributed by atoms with van der Waals surface area (Å²) in [6.07, 6.45) is 6.44. The van der Waals surface area contributed by atoms with Gasteiger partial charge in [-0.15, -0.1) is 0 Å². The summed E-state index contributed by atoms with van der Waals surface area (Å²) >= 11 is -0.682. The average Bonchev–Trinajstić information content (AvgIpc) is 3.44. The molecule has 35 heavy (non-hydrogen) atoms. The standard InChI is InChI=1S/C22H23.C11H19Si.Zr/c1-13-10-18-12-17-6-5-7-20(17)22(21(18)11-13)19-9-8-14(2)15(3)16(19)4;1-7-8(2)10(4)11(9(7)3)12(5)6;/h8-12H,5-7H2,1-4H3;11H,1-6H3;. The molecule has 0 aliphatic heterocycles. The number of hydrogen-bond donors (Lipinski definition) is 0. The van der Waals surface area contributed by atoms with Gasteiger partial charge < -0.3 is 0 Å². The molecule has 0 nitrogen and oxygen atoms in total. The first-order valence-corrected chi connectivity index (χ1v) is 21.7. The third-order valence-corrected chi connectivity index (χ3v) is 24.8. The molecule has 0 bridgehead atoms. The first-order valence-electron chi connectivity index (χ1n) is 13.5. The molecular formula is C33H42SiZr. The van der Waals surface area contributed by atoms with E-state index in [9.17, 15) is 0 Å². The van der Waals surface area contributed by atoms with Crippen LogP contribution in [0.25, 0.3) is 17.2 Å². The Labute approximate surface area is 225 Å². The van der Waals surface area contributed by atoms with Gasteiger partial charge in [0.25, 0.3) is 0 Å². The molecule has 0 N–H and O–H groups in total. The molecule has 0 radical (unpaired) electrons. The van der Waals surface area contributed by atoms with E-state index in [0.717, 1.165) is 9.17 Å². The van der Waals surface area contributed by atoms with E-state index in [1.54, 1.807) is 55.7 Å². The molecule has 3 aliphatic carbocycles. The maximum absolute atomic E-state index is 2.73. The molecule has 0 saturated carbocycles. The van der Waals surface area contributed by atoms with Gasteiger partial charge in [-0.05, 0) is 0 Å². The molecule has 0 fully saturated rings. The summed E-state index contributed by atoms with van der Waals surface area (Å²) in [5, 5.41) is -1.39. The van der Waals surface area contributed by atoms with Crippen LogP contribution in [-0.4, -0.2) is 5.20 Å². The second-order valence-electron chi connectivity index (χ2n) is 12.2. The maximum atomic E-state index is 2.73. The Morgan fingerprint density at radius 3 is 2.14 bits per heavy atom. The topological polar surface area (TPSA) is 0 Å². The number of rotatable bonds is 4. The van der Waals surface area contributed by atoms with Gasteiger partial charge in [-0.3, -0.25) is 0 Å². The minimum absolute atomic E-state index is 0.682. The Bertz CT molecular complexity index is 1320. The van der Waals surface area contributed by atoms with Gasteiger partial charge in [-0.25, -0.2) is 0 Å².